The first kappa shape index (κ1) is 48.3. The van der Waals surface area contributed by atoms with Crippen LogP contribution in [-0.2, 0) is 41.2 Å². The zero-order valence-electron chi connectivity index (χ0n) is 35.8. The van der Waals surface area contributed by atoms with E-state index in [0.717, 1.165) is 56.3 Å². The molecule has 314 valence electrons. The molecule has 0 saturated carbocycles. The maximum Gasteiger partial charge on any atom is -0.109 e. The average molecular weight is 941 g/mol. The zero-order valence-corrected chi connectivity index (χ0v) is 39.8. The van der Waals surface area contributed by atoms with Crippen molar-refractivity contribution in [2.24, 2.45) is 0 Å². The zero-order chi connectivity index (χ0) is 42.7. The quantitative estimate of drug-likeness (QED) is 0.154. The minimum absolute atomic E-state index is 0. The predicted molar refractivity (Wildman–Crippen MR) is 245 cm³/mol. The van der Waals surface area contributed by atoms with E-state index in [1.807, 2.05) is 54.6 Å². The number of halogens is 5. The van der Waals surface area contributed by atoms with Crippen LogP contribution in [0.15, 0.2) is 176 Å². The summed E-state index contributed by atoms with van der Waals surface area (Å²) in [6.45, 7) is 13.9. The normalized spacial score (nSPS) is 12.2. The Hall–Kier alpha value is -4.73. The molecule has 0 saturated heterocycles. The molecule has 6 heteroatoms. The van der Waals surface area contributed by atoms with Gasteiger partial charge in [0.2, 0.25) is 0 Å². The number of hydrogen-bond donors (Lipinski definition) is 0. The van der Waals surface area contributed by atoms with Crippen LogP contribution in [-0.4, -0.2) is 3.21 Å². The van der Waals surface area contributed by atoms with Crippen molar-refractivity contribution in [3.63, 3.8) is 0 Å². The Morgan fingerprint density at radius 1 is 0.565 bits per heavy atom. The topological polar surface area (TPSA) is 0 Å². The monoisotopic (exact) mass is 938 g/mol. The maximum atomic E-state index is 12.9. The van der Waals surface area contributed by atoms with Gasteiger partial charge in [0.25, 0.3) is 0 Å². The summed E-state index contributed by atoms with van der Waals surface area (Å²) < 4.78 is 39.6. The summed E-state index contributed by atoms with van der Waals surface area (Å²) in [5, 5.41) is 7.52. The molecule has 0 N–H and O–H groups in total. The molecule has 0 spiro atoms. The van der Waals surface area contributed by atoms with Crippen molar-refractivity contribution in [3.8, 4) is 22.3 Å². The van der Waals surface area contributed by atoms with E-state index in [1.54, 1.807) is 6.07 Å². The number of rotatable bonds is 4. The average Bonchev–Trinajstić information content (AvgIpc) is 3.94. The van der Waals surface area contributed by atoms with Gasteiger partial charge in [0, 0.05) is 0 Å². The van der Waals surface area contributed by atoms with Gasteiger partial charge in [-0.25, -0.2) is 12.2 Å². The van der Waals surface area contributed by atoms with E-state index < -0.39 is 11.7 Å². The summed E-state index contributed by atoms with van der Waals surface area (Å²) in [7, 11) is 0. The Morgan fingerprint density at radius 3 is 1.53 bits per heavy atom. The maximum absolute atomic E-state index is 12.9. The molecule has 0 aliphatic heterocycles. The Balaban J connectivity index is 0.000000216. The SMILES string of the molecule is CC(C)(C)c1cc2c(cc1-c1ccccc1)[cH-]c1cc(-c3ccccc3)c(C(C)(C)C)cc12.FC(F)(F)c1cccc([C](=[Zr+2])c2cccc3ccccc23)c1.[C-]1=CC=CC1.[Cl-].[Cl-]. The van der Waals surface area contributed by atoms with Crippen LogP contribution in [0.25, 0.3) is 54.6 Å². The van der Waals surface area contributed by atoms with Crippen LogP contribution in [0.3, 0.4) is 0 Å². The number of benzene rings is 7. The van der Waals surface area contributed by atoms with E-state index in [0.29, 0.717) is 5.56 Å². The molecule has 8 aromatic rings. The fourth-order valence-electron chi connectivity index (χ4n) is 7.85. The molecule has 0 fully saturated rings. The van der Waals surface area contributed by atoms with Gasteiger partial charge in [0.1, 0.15) is 0 Å². The Labute approximate surface area is 392 Å². The number of hydrogen-bond acceptors (Lipinski definition) is 0. The van der Waals surface area contributed by atoms with Crippen LogP contribution in [0.5, 0.6) is 0 Å². The molecular formula is C56H49Cl2F3Zr-2. The van der Waals surface area contributed by atoms with Gasteiger partial charge in [-0.2, -0.15) is 6.08 Å². The minimum Gasteiger partial charge on any atom is -1.00 e. The van der Waals surface area contributed by atoms with E-state index in [4.69, 9.17) is 0 Å². The Bertz CT molecular complexity index is 2730. The molecule has 0 radical (unpaired) electrons. The summed E-state index contributed by atoms with van der Waals surface area (Å²) in [6.07, 6.45) is 5.69. The standard InChI is InChI=1S/C33H33.C18H11F3.C5H5.2ClH.Zr/c1-32(2,3)30-20-26-24(18-28(30)22-13-9-7-10-14-22)17-25-19-29(23-15-11-8-12-16-23)31(21-27(25)26)33(4,5)6;19-18(20,21)16-9-3-5-13(12-16)11-15-8-4-7-14-6-1-2-10-17(14)15;1-2-4-5-3-1;;;/h7-21H,1-6H3;1-10,12H;1-3H,4H2;2*1H;/q-1;;-1;;;+2/p-2. The van der Waals surface area contributed by atoms with Gasteiger partial charge in [-0.1, -0.05) is 114 Å². The summed E-state index contributed by atoms with van der Waals surface area (Å²) in [4.78, 5) is 0. The van der Waals surface area contributed by atoms with E-state index >= 15 is 0 Å². The van der Waals surface area contributed by atoms with Crippen LogP contribution in [0.2, 0.25) is 0 Å². The van der Waals surface area contributed by atoms with Gasteiger partial charge in [-0.05, 0) is 44.2 Å². The molecule has 0 heterocycles. The molecule has 0 atom stereocenters. The van der Waals surface area contributed by atoms with Gasteiger partial charge in [0.05, 0.1) is 0 Å². The van der Waals surface area contributed by atoms with Gasteiger partial charge >= 0.3 is 141 Å². The predicted octanol–water partition coefficient (Wildman–Crippen LogP) is 9.93. The van der Waals surface area contributed by atoms with E-state index in [1.165, 1.54) is 67.1 Å². The van der Waals surface area contributed by atoms with Crippen molar-refractivity contribution in [3.05, 3.63) is 210 Å². The number of fused-ring (bicyclic) bond motifs is 4. The van der Waals surface area contributed by atoms with Crippen LogP contribution >= 0.6 is 0 Å². The number of allylic oxidation sites excluding steroid dienone is 4. The van der Waals surface area contributed by atoms with Crippen molar-refractivity contribution in [1.29, 1.82) is 0 Å². The third kappa shape index (κ3) is 11.1. The fourth-order valence-corrected chi connectivity index (χ4v) is 8.77. The van der Waals surface area contributed by atoms with E-state index in [-0.39, 0.29) is 35.6 Å². The molecule has 62 heavy (non-hydrogen) atoms. The van der Waals surface area contributed by atoms with Gasteiger partial charge < -0.3 is 24.8 Å². The molecule has 8 aromatic carbocycles. The third-order valence-electron chi connectivity index (χ3n) is 10.9. The van der Waals surface area contributed by atoms with Crippen molar-refractivity contribution in [2.75, 3.05) is 0 Å². The third-order valence-corrected chi connectivity index (χ3v) is 12.3. The molecule has 1 aliphatic carbocycles. The van der Waals surface area contributed by atoms with Crippen molar-refractivity contribution in [2.45, 2.75) is 65.0 Å². The van der Waals surface area contributed by atoms with Gasteiger partial charge in [-0.3, -0.25) is 6.08 Å². The van der Waals surface area contributed by atoms with Gasteiger partial charge in [-0.15, -0.1) is 46.2 Å². The van der Waals surface area contributed by atoms with E-state index in [2.05, 4.69) is 145 Å². The largest absolute Gasteiger partial charge is 1.00 e. The summed E-state index contributed by atoms with van der Waals surface area (Å²) in [5.41, 5.74) is 9.18. The molecular weight excluding hydrogens is 892 g/mol. The summed E-state index contributed by atoms with van der Waals surface area (Å²) >= 11 is 1.09. The Morgan fingerprint density at radius 2 is 1.06 bits per heavy atom. The first-order valence-corrected chi connectivity index (χ1v) is 21.6. The molecule has 0 unspecified atom stereocenters. The van der Waals surface area contributed by atoms with Crippen molar-refractivity contribution >= 4 is 35.5 Å². The molecule has 9 rings (SSSR count). The molecule has 0 nitrogen and oxygen atoms in total. The molecule has 0 aromatic heterocycles. The molecule has 1 aliphatic rings. The van der Waals surface area contributed by atoms with Crippen molar-refractivity contribution < 1.29 is 62.2 Å². The van der Waals surface area contributed by atoms with Crippen LogP contribution < -0.4 is 24.8 Å². The second-order valence-electron chi connectivity index (χ2n) is 17.3. The van der Waals surface area contributed by atoms with Crippen LogP contribution in [0.4, 0.5) is 13.2 Å². The second kappa shape index (κ2) is 20.2. The first-order chi connectivity index (χ1) is 28.6. The number of alkyl halides is 3. The molecule has 0 bridgehead atoms. The minimum atomic E-state index is -4.31. The summed E-state index contributed by atoms with van der Waals surface area (Å²) in [6, 6.07) is 53.1. The van der Waals surface area contributed by atoms with Crippen LogP contribution in [0.1, 0.15) is 75.8 Å². The molecule has 0 amide bonds. The Kier molecular flexibility index (Phi) is 15.7. The summed E-state index contributed by atoms with van der Waals surface area (Å²) in [5.74, 6) is 0. The van der Waals surface area contributed by atoms with Gasteiger partial charge in [0.15, 0.2) is 0 Å². The van der Waals surface area contributed by atoms with Crippen LogP contribution in [0, 0.1) is 6.08 Å². The van der Waals surface area contributed by atoms with Crippen molar-refractivity contribution in [1.82, 2.24) is 0 Å². The van der Waals surface area contributed by atoms with E-state index in [9.17, 15) is 13.2 Å². The smallest absolute Gasteiger partial charge is 0.109 e. The second-order valence-corrected chi connectivity index (χ2v) is 18.6. The fraction of sp³-hybridized carbons (Fsp3) is 0.179. The first-order valence-electron chi connectivity index (χ1n) is 20.4.